The lowest BCUT2D eigenvalue weighted by Gasteiger charge is -2.13. The zero-order valence-electron chi connectivity index (χ0n) is 17.2. The van der Waals surface area contributed by atoms with Gasteiger partial charge in [-0.1, -0.05) is 18.2 Å². The van der Waals surface area contributed by atoms with Crippen molar-refractivity contribution in [1.29, 1.82) is 0 Å². The van der Waals surface area contributed by atoms with Crippen LogP contribution >= 0.6 is 0 Å². The molecule has 0 spiro atoms. The van der Waals surface area contributed by atoms with Gasteiger partial charge in [0.15, 0.2) is 11.9 Å². The van der Waals surface area contributed by atoms with Gasteiger partial charge in [0.2, 0.25) is 5.78 Å². The van der Waals surface area contributed by atoms with E-state index in [2.05, 4.69) is 0 Å². The topological polar surface area (TPSA) is 70.3 Å². The maximum absolute atomic E-state index is 13.0. The molecule has 0 N–H and O–H groups in total. The number of esters is 1. The minimum absolute atomic E-state index is 0.142. The number of carbonyl (C=O) groups is 3. The number of hydrogen-bond acceptors (Lipinski definition) is 4. The Kier molecular flexibility index (Phi) is 5.55. The summed E-state index contributed by atoms with van der Waals surface area (Å²) in [6.45, 7) is 6.79. The molecule has 0 amide bonds. The van der Waals surface area contributed by atoms with Crippen molar-refractivity contribution >= 4 is 17.5 Å². The van der Waals surface area contributed by atoms with Gasteiger partial charge in [0.25, 0.3) is 0 Å². The minimum atomic E-state index is -0.956. The Morgan fingerprint density at radius 3 is 2.28 bits per heavy atom. The molecule has 0 aliphatic heterocycles. The number of Topliss-reactive ketones (excluding diaryl/α,β-unsaturated/α-hetero) is 2. The maximum atomic E-state index is 13.0. The van der Waals surface area contributed by atoms with Crippen molar-refractivity contribution < 1.29 is 19.1 Å². The number of benzene rings is 1. The van der Waals surface area contributed by atoms with E-state index in [1.807, 2.05) is 54.8 Å². The molecule has 0 radical (unpaired) electrons. The molecule has 2 heterocycles. The molecule has 0 unspecified atom stereocenters. The van der Waals surface area contributed by atoms with E-state index >= 15 is 0 Å². The number of para-hydroxylation sites is 1. The predicted octanol–water partition coefficient (Wildman–Crippen LogP) is 4.06. The van der Waals surface area contributed by atoms with Gasteiger partial charge in [-0.05, 0) is 52.0 Å². The van der Waals surface area contributed by atoms with Crippen LogP contribution in [0.2, 0.25) is 0 Å². The van der Waals surface area contributed by atoms with E-state index in [1.165, 1.54) is 17.6 Å². The maximum Gasteiger partial charge on any atom is 0.355 e. The fourth-order valence-corrected chi connectivity index (χ4v) is 3.44. The van der Waals surface area contributed by atoms with Crippen molar-refractivity contribution in [3.8, 4) is 5.69 Å². The first-order valence-electron chi connectivity index (χ1n) is 9.37. The Labute approximate surface area is 169 Å². The second kappa shape index (κ2) is 7.91. The van der Waals surface area contributed by atoms with Gasteiger partial charge < -0.3 is 13.9 Å². The summed E-state index contributed by atoms with van der Waals surface area (Å²) < 4.78 is 8.93. The van der Waals surface area contributed by atoms with Crippen LogP contribution in [0.15, 0.2) is 48.7 Å². The molecule has 0 saturated carbocycles. The predicted molar refractivity (Wildman–Crippen MR) is 110 cm³/mol. The molecule has 1 atom stereocenters. The number of aryl methyl sites for hydroxylation is 2. The first kappa shape index (κ1) is 20.3. The first-order chi connectivity index (χ1) is 13.7. The number of ketones is 2. The van der Waals surface area contributed by atoms with Crippen LogP contribution < -0.4 is 0 Å². The SMILES string of the molecule is CC(=O)c1cc(C(=O)O[C@H](C)C(=O)c2cc(C)n(-c3ccccc3)c2C)n(C)c1. The molecule has 0 fully saturated rings. The Balaban J connectivity index is 1.82. The molecule has 0 saturated heterocycles. The molecule has 3 rings (SSSR count). The van der Waals surface area contributed by atoms with Crippen molar-refractivity contribution in [1.82, 2.24) is 9.13 Å². The fourth-order valence-electron chi connectivity index (χ4n) is 3.44. The molecule has 3 aromatic rings. The van der Waals surface area contributed by atoms with E-state index in [0.717, 1.165) is 17.1 Å². The molecule has 0 aliphatic rings. The van der Waals surface area contributed by atoms with E-state index in [-0.39, 0.29) is 17.3 Å². The van der Waals surface area contributed by atoms with E-state index < -0.39 is 12.1 Å². The van der Waals surface area contributed by atoms with Crippen LogP contribution in [-0.2, 0) is 11.8 Å². The highest BCUT2D eigenvalue weighted by Crippen LogP contribution is 2.23. The van der Waals surface area contributed by atoms with Gasteiger partial charge in [-0.2, -0.15) is 0 Å². The summed E-state index contributed by atoms with van der Waals surface area (Å²) in [5.74, 6) is -1.05. The van der Waals surface area contributed by atoms with Gasteiger partial charge in [-0.3, -0.25) is 9.59 Å². The van der Waals surface area contributed by atoms with Crippen molar-refractivity contribution in [2.24, 2.45) is 7.05 Å². The van der Waals surface area contributed by atoms with Crippen molar-refractivity contribution in [2.45, 2.75) is 33.8 Å². The molecule has 150 valence electrons. The smallest absolute Gasteiger partial charge is 0.355 e. The number of rotatable bonds is 6. The van der Waals surface area contributed by atoms with Crippen LogP contribution in [-0.4, -0.2) is 32.8 Å². The Bertz CT molecular complexity index is 1090. The molecule has 1 aromatic carbocycles. The van der Waals surface area contributed by atoms with E-state index in [4.69, 9.17) is 4.74 Å². The molecular formula is C23H24N2O4. The quantitative estimate of drug-likeness (QED) is 0.468. The van der Waals surface area contributed by atoms with E-state index in [1.54, 1.807) is 20.2 Å². The Hall–Kier alpha value is -3.41. The Morgan fingerprint density at radius 1 is 1.03 bits per heavy atom. The summed E-state index contributed by atoms with van der Waals surface area (Å²) in [5, 5.41) is 0. The number of carbonyl (C=O) groups excluding carboxylic acids is 3. The molecular weight excluding hydrogens is 368 g/mol. The highest BCUT2D eigenvalue weighted by molar-refractivity contribution is 6.03. The van der Waals surface area contributed by atoms with E-state index in [0.29, 0.717) is 11.1 Å². The largest absolute Gasteiger partial charge is 0.450 e. The average molecular weight is 392 g/mol. The number of nitrogens with zero attached hydrogens (tertiary/aromatic N) is 2. The zero-order valence-corrected chi connectivity index (χ0v) is 17.2. The van der Waals surface area contributed by atoms with Crippen LogP contribution in [0.25, 0.3) is 5.69 Å². The third-order valence-electron chi connectivity index (χ3n) is 4.98. The van der Waals surface area contributed by atoms with Crippen LogP contribution in [0.3, 0.4) is 0 Å². The van der Waals surface area contributed by atoms with Crippen molar-refractivity contribution in [2.75, 3.05) is 0 Å². The lowest BCUT2D eigenvalue weighted by Crippen LogP contribution is -2.25. The third-order valence-corrected chi connectivity index (χ3v) is 4.98. The highest BCUT2D eigenvalue weighted by atomic mass is 16.5. The second-order valence-electron chi connectivity index (χ2n) is 7.15. The molecule has 0 bridgehead atoms. The number of hydrogen-bond donors (Lipinski definition) is 0. The molecule has 29 heavy (non-hydrogen) atoms. The second-order valence-corrected chi connectivity index (χ2v) is 7.15. The van der Waals surface area contributed by atoms with Crippen LogP contribution in [0.1, 0.15) is 56.4 Å². The van der Waals surface area contributed by atoms with Crippen LogP contribution in [0.4, 0.5) is 0 Å². The summed E-state index contributed by atoms with van der Waals surface area (Å²) in [6, 6.07) is 13.0. The first-order valence-corrected chi connectivity index (χ1v) is 9.37. The number of ether oxygens (including phenoxy) is 1. The summed E-state index contributed by atoms with van der Waals surface area (Å²) >= 11 is 0. The molecule has 6 heteroatoms. The highest BCUT2D eigenvalue weighted by Gasteiger charge is 2.26. The van der Waals surface area contributed by atoms with Gasteiger partial charge in [0, 0.05) is 41.4 Å². The van der Waals surface area contributed by atoms with Gasteiger partial charge in [-0.15, -0.1) is 0 Å². The minimum Gasteiger partial charge on any atom is -0.450 e. The lowest BCUT2D eigenvalue weighted by atomic mass is 10.1. The summed E-state index contributed by atoms with van der Waals surface area (Å²) in [6.07, 6.45) is 0.613. The summed E-state index contributed by atoms with van der Waals surface area (Å²) in [4.78, 5) is 37.0. The van der Waals surface area contributed by atoms with Gasteiger partial charge in [0.05, 0.1) is 0 Å². The Morgan fingerprint density at radius 2 is 1.69 bits per heavy atom. The van der Waals surface area contributed by atoms with Gasteiger partial charge in [0.1, 0.15) is 5.69 Å². The standard InChI is InChI=1S/C23H24N2O4/c1-14-11-20(15(2)25(14)19-9-7-6-8-10-19)22(27)17(4)29-23(28)21-12-18(16(3)26)13-24(21)5/h6-13,17H,1-5H3/t17-/m1/s1. The zero-order chi connectivity index (χ0) is 21.3. The van der Waals surface area contributed by atoms with Crippen LogP contribution in [0, 0.1) is 13.8 Å². The van der Waals surface area contributed by atoms with Crippen molar-refractivity contribution in [3.05, 3.63) is 76.9 Å². The summed E-state index contributed by atoms with van der Waals surface area (Å²) in [7, 11) is 1.66. The lowest BCUT2D eigenvalue weighted by molar-refractivity contribution is 0.0309. The van der Waals surface area contributed by atoms with Crippen LogP contribution in [0.5, 0.6) is 0 Å². The van der Waals surface area contributed by atoms with Crippen molar-refractivity contribution in [3.63, 3.8) is 0 Å². The normalized spacial score (nSPS) is 11.9. The third kappa shape index (κ3) is 3.92. The molecule has 2 aromatic heterocycles. The summed E-state index contributed by atoms with van der Waals surface area (Å²) in [5.41, 5.74) is 3.84. The monoisotopic (exact) mass is 392 g/mol. The average Bonchev–Trinajstić information content (AvgIpc) is 3.21. The van der Waals surface area contributed by atoms with Gasteiger partial charge in [-0.25, -0.2) is 4.79 Å². The number of aromatic nitrogens is 2. The molecule has 0 aliphatic carbocycles. The molecule has 6 nitrogen and oxygen atoms in total. The fraction of sp³-hybridized carbons (Fsp3) is 0.261. The van der Waals surface area contributed by atoms with Gasteiger partial charge >= 0.3 is 5.97 Å². The van der Waals surface area contributed by atoms with E-state index in [9.17, 15) is 14.4 Å².